The zero-order valence-corrected chi connectivity index (χ0v) is 12.2. The number of aliphatic carboxylic acids is 1. The molecule has 2 heterocycles. The first-order valence-corrected chi connectivity index (χ1v) is 7.71. The van der Waals surface area contributed by atoms with Gasteiger partial charge in [-0.15, -0.1) is 0 Å². The van der Waals surface area contributed by atoms with Crippen LogP contribution in [0.3, 0.4) is 0 Å². The van der Waals surface area contributed by atoms with Crippen molar-refractivity contribution in [2.75, 3.05) is 0 Å². The molecule has 0 radical (unpaired) electrons. The first-order chi connectivity index (χ1) is 9.88. The van der Waals surface area contributed by atoms with Gasteiger partial charge in [-0.1, -0.05) is 0 Å². The van der Waals surface area contributed by atoms with Gasteiger partial charge in [0.1, 0.15) is 4.90 Å². The molecule has 2 N–H and O–H groups in total. The molecule has 2 rings (SSSR count). The molecule has 2 aromatic heterocycles. The van der Waals surface area contributed by atoms with Crippen LogP contribution in [0, 0.1) is 0 Å². The molecule has 0 fully saturated rings. The summed E-state index contributed by atoms with van der Waals surface area (Å²) in [6, 6.07) is 3.65. The average Bonchev–Trinajstić information content (AvgIpc) is 3.03. The molecule has 0 aromatic carbocycles. The molecule has 21 heavy (non-hydrogen) atoms. The van der Waals surface area contributed by atoms with Crippen LogP contribution < -0.4 is 4.72 Å². The minimum Gasteiger partial charge on any atom is -0.481 e. The molecule has 0 atom stereocenters. The third kappa shape index (κ3) is 3.92. The Morgan fingerprint density at radius 1 is 1.48 bits per heavy atom. The number of hydrogen-bond donors (Lipinski definition) is 2. The van der Waals surface area contributed by atoms with Crippen LogP contribution in [0.5, 0.6) is 0 Å². The van der Waals surface area contributed by atoms with Crippen LogP contribution in [0.15, 0.2) is 35.6 Å². The lowest BCUT2D eigenvalue weighted by Crippen LogP contribution is -2.24. The maximum absolute atomic E-state index is 12.1. The lowest BCUT2D eigenvalue weighted by Gasteiger charge is -2.05. The van der Waals surface area contributed by atoms with Gasteiger partial charge in [0.2, 0.25) is 10.0 Å². The summed E-state index contributed by atoms with van der Waals surface area (Å²) in [5.74, 6) is -0.961. The summed E-state index contributed by atoms with van der Waals surface area (Å²) < 4.78 is 29.8. The summed E-state index contributed by atoms with van der Waals surface area (Å²) in [7, 11) is -1.84. The molecule has 2 aromatic rings. The largest absolute Gasteiger partial charge is 0.481 e. The van der Waals surface area contributed by atoms with Gasteiger partial charge < -0.3 is 9.67 Å². The van der Waals surface area contributed by atoms with Gasteiger partial charge >= 0.3 is 5.97 Å². The second kappa shape index (κ2) is 6.10. The van der Waals surface area contributed by atoms with Crippen molar-refractivity contribution in [3.05, 3.63) is 36.4 Å². The minimum atomic E-state index is -3.66. The van der Waals surface area contributed by atoms with E-state index >= 15 is 0 Å². The number of carbonyl (C=O) groups is 1. The Morgan fingerprint density at radius 3 is 2.86 bits per heavy atom. The molecule has 0 aliphatic rings. The van der Waals surface area contributed by atoms with Crippen LogP contribution in [0.4, 0.5) is 0 Å². The van der Waals surface area contributed by atoms with Crippen molar-refractivity contribution in [1.29, 1.82) is 0 Å². The van der Waals surface area contributed by atoms with Crippen molar-refractivity contribution in [2.24, 2.45) is 7.05 Å². The number of carboxylic acid groups (broad SMARTS) is 1. The van der Waals surface area contributed by atoms with Crippen LogP contribution >= 0.6 is 0 Å². The minimum absolute atomic E-state index is 0.0158. The SMILES string of the molecule is Cn1cccc1CNS(=O)(=O)c1cnn(CCC(=O)O)c1. The Labute approximate surface area is 122 Å². The van der Waals surface area contributed by atoms with E-state index in [9.17, 15) is 13.2 Å². The number of nitrogens with zero attached hydrogens (tertiary/aromatic N) is 3. The van der Waals surface area contributed by atoms with Crippen molar-refractivity contribution >= 4 is 16.0 Å². The van der Waals surface area contributed by atoms with E-state index in [4.69, 9.17) is 5.11 Å². The van der Waals surface area contributed by atoms with E-state index in [0.29, 0.717) is 0 Å². The molecule has 0 aliphatic carbocycles. The number of hydrogen-bond acceptors (Lipinski definition) is 4. The maximum Gasteiger partial charge on any atom is 0.305 e. The molecule has 0 amide bonds. The number of carboxylic acids is 1. The fraction of sp³-hybridized carbons (Fsp3) is 0.333. The van der Waals surface area contributed by atoms with Crippen LogP contribution in [0.25, 0.3) is 0 Å². The zero-order chi connectivity index (χ0) is 15.5. The molecule has 0 spiro atoms. The van der Waals surface area contributed by atoms with Crippen LogP contribution in [-0.4, -0.2) is 33.8 Å². The summed E-state index contributed by atoms with van der Waals surface area (Å²) in [5.41, 5.74) is 0.830. The number of nitrogens with one attached hydrogen (secondary N) is 1. The normalized spacial score (nSPS) is 11.7. The topological polar surface area (TPSA) is 106 Å². The van der Waals surface area contributed by atoms with Crippen molar-refractivity contribution in [3.8, 4) is 0 Å². The number of aromatic nitrogens is 3. The van der Waals surface area contributed by atoms with Gasteiger partial charge in [-0.3, -0.25) is 9.48 Å². The molecule has 0 unspecified atom stereocenters. The van der Waals surface area contributed by atoms with Gasteiger partial charge in [-0.25, -0.2) is 13.1 Å². The smallest absolute Gasteiger partial charge is 0.305 e. The van der Waals surface area contributed by atoms with E-state index in [1.165, 1.54) is 17.1 Å². The second-order valence-electron chi connectivity index (χ2n) is 4.52. The van der Waals surface area contributed by atoms with Gasteiger partial charge in [-0.05, 0) is 12.1 Å². The fourth-order valence-corrected chi connectivity index (χ4v) is 2.70. The molecule has 0 saturated carbocycles. The summed E-state index contributed by atoms with van der Waals surface area (Å²) in [5, 5.41) is 12.4. The Balaban J connectivity index is 2.02. The fourth-order valence-electron chi connectivity index (χ4n) is 1.75. The predicted molar refractivity (Wildman–Crippen MR) is 73.9 cm³/mol. The highest BCUT2D eigenvalue weighted by Crippen LogP contribution is 2.09. The Morgan fingerprint density at radius 2 is 2.24 bits per heavy atom. The van der Waals surface area contributed by atoms with Crippen molar-refractivity contribution in [2.45, 2.75) is 24.4 Å². The molecule has 8 nitrogen and oxygen atoms in total. The molecular formula is C12H16N4O4S. The Bertz CT molecular complexity index is 732. The molecule has 0 saturated heterocycles. The number of rotatable bonds is 7. The number of sulfonamides is 1. The quantitative estimate of drug-likeness (QED) is 0.758. The van der Waals surface area contributed by atoms with E-state index in [0.717, 1.165) is 5.69 Å². The lowest BCUT2D eigenvalue weighted by molar-refractivity contribution is -0.137. The van der Waals surface area contributed by atoms with Crippen molar-refractivity contribution < 1.29 is 18.3 Å². The van der Waals surface area contributed by atoms with E-state index in [2.05, 4.69) is 9.82 Å². The highest BCUT2D eigenvalue weighted by molar-refractivity contribution is 7.89. The number of aryl methyl sites for hydroxylation is 2. The maximum atomic E-state index is 12.1. The van der Waals surface area contributed by atoms with Gasteiger partial charge in [0, 0.05) is 25.1 Å². The van der Waals surface area contributed by atoms with E-state index in [1.807, 2.05) is 29.9 Å². The molecule has 0 aliphatic heterocycles. The molecule has 114 valence electrons. The highest BCUT2D eigenvalue weighted by atomic mass is 32.2. The summed E-state index contributed by atoms with van der Waals surface area (Å²) in [4.78, 5) is 10.5. The van der Waals surface area contributed by atoms with Crippen molar-refractivity contribution in [3.63, 3.8) is 0 Å². The second-order valence-corrected chi connectivity index (χ2v) is 6.28. The van der Waals surface area contributed by atoms with Crippen molar-refractivity contribution in [1.82, 2.24) is 19.1 Å². The standard InChI is InChI=1S/C12H16N4O4S/c1-15-5-2-3-10(15)7-14-21(19,20)11-8-13-16(9-11)6-4-12(17)18/h2-3,5,8-9,14H,4,6-7H2,1H3,(H,17,18). The van der Waals surface area contributed by atoms with E-state index < -0.39 is 16.0 Å². The first-order valence-electron chi connectivity index (χ1n) is 6.22. The van der Waals surface area contributed by atoms with E-state index in [-0.39, 0.29) is 24.4 Å². The third-order valence-corrected chi connectivity index (χ3v) is 4.33. The lowest BCUT2D eigenvalue weighted by atomic mass is 10.4. The summed E-state index contributed by atoms with van der Waals surface area (Å²) in [6.07, 6.45) is 4.23. The Kier molecular flexibility index (Phi) is 4.43. The average molecular weight is 312 g/mol. The molecular weight excluding hydrogens is 296 g/mol. The first kappa shape index (κ1) is 15.3. The summed E-state index contributed by atoms with van der Waals surface area (Å²) >= 11 is 0. The van der Waals surface area contributed by atoms with Crippen LogP contribution in [0.2, 0.25) is 0 Å². The highest BCUT2D eigenvalue weighted by Gasteiger charge is 2.16. The Hall–Kier alpha value is -2.13. The molecule has 9 heteroatoms. The van der Waals surface area contributed by atoms with Gasteiger partial charge in [0.25, 0.3) is 0 Å². The molecule has 0 bridgehead atoms. The third-order valence-electron chi connectivity index (χ3n) is 2.97. The van der Waals surface area contributed by atoms with Gasteiger partial charge in [0.05, 0.1) is 25.7 Å². The van der Waals surface area contributed by atoms with Crippen LogP contribution in [-0.2, 0) is 35.0 Å². The predicted octanol–water partition coefficient (Wildman–Crippen LogP) is 0.175. The zero-order valence-electron chi connectivity index (χ0n) is 11.4. The van der Waals surface area contributed by atoms with Gasteiger partial charge in [0.15, 0.2) is 0 Å². The monoisotopic (exact) mass is 312 g/mol. The van der Waals surface area contributed by atoms with Gasteiger partial charge in [-0.2, -0.15) is 5.10 Å². The van der Waals surface area contributed by atoms with Crippen LogP contribution in [0.1, 0.15) is 12.1 Å². The van der Waals surface area contributed by atoms with E-state index in [1.54, 1.807) is 0 Å². The summed E-state index contributed by atoms with van der Waals surface area (Å²) in [6.45, 7) is 0.300.